The molecule has 2 aromatic carbocycles. The number of aromatic nitrogens is 1. The van der Waals surface area contributed by atoms with E-state index in [4.69, 9.17) is 4.74 Å². The second kappa shape index (κ2) is 9.50. The Morgan fingerprint density at radius 3 is 2.62 bits per heavy atom. The van der Waals surface area contributed by atoms with E-state index in [0.717, 1.165) is 11.1 Å². The summed E-state index contributed by atoms with van der Waals surface area (Å²) in [5.41, 5.74) is 4.30. The van der Waals surface area contributed by atoms with Gasteiger partial charge in [-0.3, -0.25) is 14.6 Å². The quantitative estimate of drug-likeness (QED) is 0.646. The zero-order valence-electron chi connectivity index (χ0n) is 16.4. The molecular formula is C23H23N3O3. The Bertz CT molecular complexity index is 1000. The van der Waals surface area contributed by atoms with Gasteiger partial charge in [0.2, 0.25) is 0 Å². The molecule has 0 aliphatic rings. The van der Waals surface area contributed by atoms with E-state index >= 15 is 0 Å². The van der Waals surface area contributed by atoms with Gasteiger partial charge in [-0.1, -0.05) is 18.2 Å². The number of ether oxygens (including phenoxy) is 1. The maximum absolute atomic E-state index is 12.2. The van der Waals surface area contributed by atoms with Gasteiger partial charge in [-0.2, -0.15) is 0 Å². The summed E-state index contributed by atoms with van der Waals surface area (Å²) in [6.45, 7) is 4.31. The first kappa shape index (κ1) is 20.1. The lowest BCUT2D eigenvalue weighted by Crippen LogP contribution is -2.28. The number of anilines is 1. The third kappa shape index (κ3) is 5.90. The SMILES string of the molecule is Cc1ccc(OCC(=O)NCc2cccc(NC(=O)c3cccnc3)c2)cc1C. The summed E-state index contributed by atoms with van der Waals surface area (Å²) in [7, 11) is 0. The number of carbonyl (C=O) groups is 2. The van der Waals surface area contributed by atoms with E-state index in [2.05, 4.69) is 15.6 Å². The molecule has 1 heterocycles. The number of benzene rings is 2. The third-order valence-electron chi connectivity index (χ3n) is 4.45. The molecule has 0 unspecified atom stereocenters. The van der Waals surface area contributed by atoms with Gasteiger partial charge in [0, 0.05) is 24.6 Å². The van der Waals surface area contributed by atoms with Crippen LogP contribution in [0.2, 0.25) is 0 Å². The van der Waals surface area contributed by atoms with Crippen LogP contribution in [-0.2, 0) is 11.3 Å². The molecule has 0 saturated carbocycles. The van der Waals surface area contributed by atoms with E-state index < -0.39 is 0 Å². The fraction of sp³-hybridized carbons (Fsp3) is 0.174. The van der Waals surface area contributed by atoms with Crippen LogP contribution in [-0.4, -0.2) is 23.4 Å². The van der Waals surface area contributed by atoms with Gasteiger partial charge in [0.1, 0.15) is 5.75 Å². The second-order valence-corrected chi connectivity index (χ2v) is 6.71. The van der Waals surface area contributed by atoms with Crippen molar-refractivity contribution in [3.63, 3.8) is 0 Å². The van der Waals surface area contributed by atoms with Crippen LogP contribution in [0.1, 0.15) is 27.0 Å². The number of aryl methyl sites for hydroxylation is 2. The number of pyridine rings is 1. The summed E-state index contributed by atoms with van der Waals surface area (Å²) in [5.74, 6) is 0.220. The predicted molar refractivity (Wildman–Crippen MR) is 112 cm³/mol. The monoisotopic (exact) mass is 389 g/mol. The van der Waals surface area contributed by atoms with Crippen molar-refractivity contribution in [1.29, 1.82) is 0 Å². The highest BCUT2D eigenvalue weighted by Gasteiger charge is 2.07. The fourth-order valence-electron chi connectivity index (χ4n) is 2.66. The van der Waals surface area contributed by atoms with Gasteiger partial charge in [0.25, 0.3) is 11.8 Å². The summed E-state index contributed by atoms with van der Waals surface area (Å²) < 4.78 is 5.54. The van der Waals surface area contributed by atoms with Crippen molar-refractivity contribution in [2.24, 2.45) is 0 Å². The maximum Gasteiger partial charge on any atom is 0.258 e. The molecule has 0 atom stereocenters. The second-order valence-electron chi connectivity index (χ2n) is 6.71. The summed E-state index contributed by atoms with van der Waals surface area (Å²) in [5, 5.41) is 5.65. The molecule has 0 saturated heterocycles. The molecule has 29 heavy (non-hydrogen) atoms. The largest absolute Gasteiger partial charge is 0.484 e. The number of carbonyl (C=O) groups excluding carboxylic acids is 2. The molecule has 0 spiro atoms. The minimum atomic E-state index is -0.235. The van der Waals surface area contributed by atoms with Crippen LogP contribution in [0.5, 0.6) is 5.75 Å². The number of amides is 2. The molecule has 0 aliphatic carbocycles. The van der Waals surface area contributed by atoms with E-state index in [1.165, 1.54) is 11.8 Å². The van der Waals surface area contributed by atoms with Crippen LogP contribution in [0.4, 0.5) is 5.69 Å². The van der Waals surface area contributed by atoms with Crippen LogP contribution < -0.4 is 15.4 Å². The Morgan fingerprint density at radius 2 is 1.86 bits per heavy atom. The first-order chi connectivity index (χ1) is 14.0. The van der Waals surface area contributed by atoms with E-state index in [-0.39, 0.29) is 18.4 Å². The Hall–Kier alpha value is -3.67. The summed E-state index contributed by atoms with van der Waals surface area (Å²) in [6.07, 6.45) is 3.12. The van der Waals surface area contributed by atoms with Gasteiger partial charge in [0.15, 0.2) is 6.61 Å². The average Bonchev–Trinajstić information content (AvgIpc) is 2.74. The number of nitrogens with zero attached hydrogens (tertiary/aromatic N) is 1. The molecule has 3 rings (SSSR count). The molecule has 2 N–H and O–H groups in total. The number of hydrogen-bond donors (Lipinski definition) is 2. The van der Waals surface area contributed by atoms with Crippen molar-refractivity contribution < 1.29 is 14.3 Å². The van der Waals surface area contributed by atoms with Gasteiger partial charge in [-0.15, -0.1) is 0 Å². The highest BCUT2D eigenvalue weighted by molar-refractivity contribution is 6.04. The molecule has 0 bridgehead atoms. The van der Waals surface area contributed by atoms with Gasteiger partial charge >= 0.3 is 0 Å². The molecule has 6 heteroatoms. The summed E-state index contributed by atoms with van der Waals surface area (Å²) >= 11 is 0. The van der Waals surface area contributed by atoms with Crippen LogP contribution >= 0.6 is 0 Å². The number of hydrogen-bond acceptors (Lipinski definition) is 4. The Kier molecular flexibility index (Phi) is 6.58. The van der Waals surface area contributed by atoms with Crippen molar-refractivity contribution in [3.05, 3.63) is 89.2 Å². The molecule has 148 valence electrons. The normalized spacial score (nSPS) is 10.3. The lowest BCUT2D eigenvalue weighted by molar-refractivity contribution is -0.123. The van der Waals surface area contributed by atoms with Crippen LogP contribution in [0.15, 0.2) is 67.0 Å². The summed E-state index contributed by atoms with van der Waals surface area (Å²) in [6, 6.07) is 16.5. The third-order valence-corrected chi connectivity index (χ3v) is 4.45. The van der Waals surface area contributed by atoms with Gasteiger partial charge in [-0.05, 0) is 66.9 Å². The van der Waals surface area contributed by atoms with Gasteiger partial charge < -0.3 is 15.4 Å². The Balaban J connectivity index is 1.50. The highest BCUT2D eigenvalue weighted by Crippen LogP contribution is 2.16. The molecular weight excluding hydrogens is 366 g/mol. The van der Waals surface area contributed by atoms with Crippen molar-refractivity contribution in [2.45, 2.75) is 20.4 Å². The topological polar surface area (TPSA) is 80.3 Å². The lowest BCUT2D eigenvalue weighted by Gasteiger charge is -2.10. The van der Waals surface area contributed by atoms with E-state index in [0.29, 0.717) is 23.5 Å². The highest BCUT2D eigenvalue weighted by atomic mass is 16.5. The first-order valence-electron chi connectivity index (χ1n) is 9.28. The van der Waals surface area contributed by atoms with Crippen molar-refractivity contribution in [2.75, 3.05) is 11.9 Å². The zero-order valence-corrected chi connectivity index (χ0v) is 16.4. The van der Waals surface area contributed by atoms with Crippen molar-refractivity contribution >= 4 is 17.5 Å². The smallest absolute Gasteiger partial charge is 0.258 e. The molecule has 0 radical (unpaired) electrons. The predicted octanol–water partition coefficient (Wildman–Crippen LogP) is 3.65. The molecule has 1 aromatic heterocycles. The average molecular weight is 389 g/mol. The molecule has 0 aliphatic heterocycles. The van der Waals surface area contributed by atoms with Gasteiger partial charge in [0.05, 0.1) is 5.56 Å². The van der Waals surface area contributed by atoms with E-state index in [1.807, 2.05) is 50.2 Å². The summed E-state index contributed by atoms with van der Waals surface area (Å²) in [4.78, 5) is 28.2. The first-order valence-corrected chi connectivity index (χ1v) is 9.28. The standard InChI is InChI=1S/C23H23N3O3/c1-16-8-9-21(11-17(16)2)29-15-22(27)25-13-18-5-3-7-20(12-18)26-23(28)19-6-4-10-24-14-19/h3-12,14H,13,15H2,1-2H3,(H,25,27)(H,26,28). The maximum atomic E-state index is 12.2. The van der Waals surface area contributed by atoms with Crippen LogP contribution in [0.25, 0.3) is 0 Å². The Morgan fingerprint density at radius 1 is 1.00 bits per heavy atom. The van der Waals surface area contributed by atoms with Crippen molar-refractivity contribution in [1.82, 2.24) is 10.3 Å². The Labute approximate surface area is 169 Å². The van der Waals surface area contributed by atoms with Crippen molar-refractivity contribution in [3.8, 4) is 5.75 Å². The number of nitrogens with one attached hydrogen (secondary N) is 2. The number of rotatable bonds is 7. The zero-order chi connectivity index (χ0) is 20.6. The lowest BCUT2D eigenvalue weighted by atomic mass is 10.1. The molecule has 2 amide bonds. The van der Waals surface area contributed by atoms with E-state index in [9.17, 15) is 9.59 Å². The minimum absolute atomic E-state index is 0.0556. The van der Waals surface area contributed by atoms with E-state index in [1.54, 1.807) is 24.4 Å². The minimum Gasteiger partial charge on any atom is -0.484 e. The molecule has 3 aromatic rings. The van der Waals surface area contributed by atoms with Gasteiger partial charge in [-0.25, -0.2) is 0 Å². The fourth-order valence-corrected chi connectivity index (χ4v) is 2.66. The van der Waals surface area contributed by atoms with Crippen LogP contribution in [0.3, 0.4) is 0 Å². The van der Waals surface area contributed by atoms with Crippen LogP contribution in [0, 0.1) is 13.8 Å². The molecule has 0 fully saturated rings. The molecule has 6 nitrogen and oxygen atoms in total.